The minimum atomic E-state index is 0.260. The molecule has 0 saturated carbocycles. The van der Waals surface area contributed by atoms with Crippen molar-refractivity contribution in [2.45, 2.75) is 6.92 Å². The fourth-order valence-corrected chi connectivity index (χ4v) is 2.48. The van der Waals surface area contributed by atoms with Gasteiger partial charge >= 0.3 is 0 Å². The summed E-state index contributed by atoms with van der Waals surface area (Å²) in [5.74, 6) is 2.15. The normalized spacial score (nSPS) is 13.1. The van der Waals surface area contributed by atoms with Crippen LogP contribution in [0.3, 0.4) is 0 Å². The van der Waals surface area contributed by atoms with Crippen molar-refractivity contribution in [3.63, 3.8) is 0 Å². The second-order valence-electron chi connectivity index (χ2n) is 4.17. The van der Waals surface area contributed by atoms with Crippen LogP contribution in [0.1, 0.15) is 5.56 Å². The molecular formula is C12H12BrN3O2. The molecule has 3 rings (SSSR count). The molecule has 6 heteroatoms. The average molecular weight is 310 g/mol. The predicted octanol–water partition coefficient (Wildman–Crippen LogP) is 2.47. The first-order chi connectivity index (χ1) is 8.58. The highest BCUT2D eigenvalue weighted by atomic mass is 79.9. The summed E-state index contributed by atoms with van der Waals surface area (Å²) >= 11 is 3.58. The molecule has 2 heterocycles. The summed E-state index contributed by atoms with van der Waals surface area (Å²) < 4.78 is 13.4. The van der Waals surface area contributed by atoms with E-state index in [4.69, 9.17) is 15.2 Å². The van der Waals surface area contributed by atoms with Crippen LogP contribution in [0.5, 0.6) is 11.5 Å². The lowest BCUT2D eigenvalue weighted by Crippen LogP contribution is -1.96. The SMILES string of the molecule is Cc1c(Br)c(-c2cc(N)n(C)n2)cc2c1OCO2. The van der Waals surface area contributed by atoms with E-state index in [1.165, 1.54) is 0 Å². The van der Waals surface area contributed by atoms with Crippen molar-refractivity contribution in [2.75, 3.05) is 12.5 Å². The first-order valence-electron chi connectivity index (χ1n) is 5.46. The van der Waals surface area contributed by atoms with Crippen molar-refractivity contribution in [2.24, 2.45) is 7.05 Å². The molecule has 5 nitrogen and oxygen atoms in total. The Balaban J connectivity index is 2.21. The molecule has 2 N–H and O–H groups in total. The number of hydrogen-bond acceptors (Lipinski definition) is 4. The van der Waals surface area contributed by atoms with Crippen LogP contribution in [0.15, 0.2) is 16.6 Å². The van der Waals surface area contributed by atoms with E-state index >= 15 is 0 Å². The highest BCUT2D eigenvalue weighted by Gasteiger charge is 2.22. The summed E-state index contributed by atoms with van der Waals surface area (Å²) in [6, 6.07) is 3.75. The maximum Gasteiger partial charge on any atom is 0.231 e. The van der Waals surface area contributed by atoms with Gasteiger partial charge in [-0.1, -0.05) is 0 Å². The van der Waals surface area contributed by atoms with Gasteiger partial charge in [-0.05, 0) is 28.9 Å². The Morgan fingerprint density at radius 3 is 2.83 bits per heavy atom. The van der Waals surface area contributed by atoms with Gasteiger partial charge in [0.05, 0.1) is 5.69 Å². The molecule has 0 spiro atoms. The molecule has 0 bridgehead atoms. The number of hydrogen-bond donors (Lipinski definition) is 1. The fourth-order valence-electron chi connectivity index (χ4n) is 1.98. The first-order valence-corrected chi connectivity index (χ1v) is 6.26. The van der Waals surface area contributed by atoms with Crippen molar-refractivity contribution < 1.29 is 9.47 Å². The summed E-state index contributed by atoms with van der Waals surface area (Å²) in [6.07, 6.45) is 0. The van der Waals surface area contributed by atoms with Crippen LogP contribution >= 0.6 is 15.9 Å². The van der Waals surface area contributed by atoms with Gasteiger partial charge in [0.15, 0.2) is 11.5 Å². The van der Waals surface area contributed by atoms with Gasteiger partial charge in [-0.15, -0.1) is 0 Å². The zero-order valence-electron chi connectivity index (χ0n) is 10.0. The lowest BCUT2D eigenvalue weighted by atomic mass is 10.1. The van der Waals surface area contributed by atoms with Crippen molar-refractivity contribution in [1.82, 2.24) is 9.78 Å². The third-order valence-corrected chi connectivity index (χ3v) is 4.04. The standard InChI is InChI=1S/C12H12BrN3O2/c1-6-11(13)7(3-9-12(6)18-5-17-9)8-4-10(14)16(2)15-8/h3-4H,5,14H2,1-2H3. The van der Waals surface area contributed by atoms with Crippen molar-refractivity contribution in [3.05, 3.63) is 22.2 Å². The van der Waals surface area contributed by atoms with Crippen LogP contribution in [0, 0.1) is 6.92 Å². The number of fused-ring (bicyclic) bond motifs is 1. The lowest BCUT2D eigenvalue weighted by molar-refractivity contribution is 0.173. The Morgan fingerprint density at radius 2 is 2.17 bits per heavy atom. The van der Waals surface area contributed by atoms with Crippen LogP contribution in [-0.4, -0.2) is 16.6 Å². The predicted molar refractivity (Wildman–Crippen MR) is 71.6 cm³/mol. The van der Waals surface area contributed by atoms with Crippen molar-refractivity contribution in [1.29, 1.82) is 0 Å². The van der Waals surface area contributed by atoms with E-state index in [0.29, 0.717) is 5.82 Å². The zero-order valence-corrected chi connectivity index (χ0v) is 11.6. The zero-order chi connectivity index (χ0) is 12.9. The fraction of sp³-hybridized carbons (Fsp3) is 0.250. The van der Waals surface area contributed by atoms with Gasteiger partial charge in [-0.2, -0.15) is 5.10 Å². The van der Waals surface area contributed by atoms with Gasteiger partial charge in [-0.25, -0.2) is 0 Å². The topological polar surface area (TPSA) is 62.3 Å². The largest absolute Gasteiger partial charge is 0.454 e. The van der Waals surface area contributed by atoms with Crippen LogP contribution in [0.2, 0.25) is 0 Å². The Kier molecular flexibility index (Phi) is 2.48. The molecule has 1 aliphatic heterocycles. The number of anilines is 1. The van der Waals surface area contributed by atoms with Gasteiger partial charge in [-0.3, -0.25) is 4.68 Å². The van der Waals surface area contributed by atoms with Gasteiger partial charge in [0, 0.05) is 28.7 Å². The molecule has 94 valence electrons. The van der Waals surface area contributed by atoms with Gasteiger partial charge in [0.25, 0.3) is 0 Å². The quantitative estimate of drug-likeness (QED) is 0.879. The Bertz CT molecular complexity index is 617. The van der Waals surface area contributed by atoms with Gasteiger partial charge < -0.3 is 15.2 Å². The molecule has 0 fully saturated rings. The Labute approximate surface area is 113 Å². The smallest absolute Gasteiger partial charge is 0.231 e. The molecule has 1 aromatic carbocycles. The van der Waals surface area contributed by atoms with E-state index in [1.54, 1.807) is 4.68 Å². The monoisotopic (exact) mass is 309 g/mol. The number of nitrogens with two attached hydrogens (primary N) is 1. The summed E-state index contributed by atoms with van der Waals surface area (Å²) in [4.78, 5) is 0. The highest BCUT2D eigenvalue weighted by molar-refractivity contribution is 9.10. The van der Waals surface area contributed by atoms with E-state index in [2.05, 4.69) is 21.0 Å². The molecule has 0 saturated heterocycles. The summed E-state index contributed by atoms with van der Waals surface area (Å²) in [7, 11) is 1.81. The first kappa shape index (κ1) is 11.4. The number of benzene rings is 1. The maximum absolute atomic E-state index is 5.81. The number of halogens is 1. The Hall–Kier alpha value is -1.69. The van der Waals surface area contributed by atoms with Crippen molar-refractivity contribution in [3.8, 4) is 22.8 Å². The number of ether oxygens (including phenoxy) is 2. The maximum atomic E-state index is 5.81. The summed E-state index contributed by atoms with van der Waals surface area (Å²) in [5.41, 5.74) is 8.57. The van der Waals surface area contributed by atoms with Crippen LogP contribution < -0.4 is 15.2 Å². The minimum absolute atomic E-state index is 0.260. The second kappa shape index (κ2) is 3.91. The van der Waals surface area contributed by atoms with E-state index in [1.807, 2.05) is 26.1 Å². The Morgan fingerprint density at radius 1 is 1.39 bits per heavy atom. The third-order valence-electron chi connectivity index (χ3n) is 3.02. The van der Waals surface area contributed by atoms with E-state index in [9.17, 15) is 0 Å². The molecule has 1 aliphatic rings. The van der Waals surface area contributed by atoms with Crippen LogP contribution in [-0.2, 0) is 7.05 Å². The lowest BCUT2D eigenvalue weighted by Gasteiger charge is -2.08. The molecule has 0 atom stereocenters. The van der Waals surface area contributed by atoms with Crippen LogP contribution in [0.4, 0.5) is 5.82 Å². The molecule has 0 amide bonds. The van der Waals surface area contributed by atoms with Gasteiger partial charge in [0.2, 0.25) is 6.79 Å². The number of nitrogens with zero attached hydrogens (tertiary/aromatic N) is 2. The molecule has 0 unspecified atom stereocenters. The average Bonchev–Trinajstić information content (AvgIpc) is 2.92. The van der Waals surface area contributed by atoms with Crippen molar-refractivity contribution >= 4 is 21.7 Å². The van der Waals surface area contributed by atoms with E-state index < -0.39 is 0 Å². The van der Waals surface area contributed by atoms with E-state index in [0.717, 1.165) is 32.8 Å². The van der Waals surface area contributed by atoms with Gasteiger partial charge in [0.1, 0.15) is 5.82 Å². The molecule has 1 aromatic heterocycles. The number of aryl methyl sites for hydroxylation is 1. The molecule has 18 heavy (non-hydrogen) atoms. The molecule has 0 aliphatic carbocycles. The molecular weight excluding hydrogens is 298 g/mol. The highest BCUT2D eigenvalue weighted by Crippen LogP contribution is 2.44. The molecule has 2 aromatic rings. The summed E-state index contributed by atoms with van der Waals surface area (Å²) in [5, 5.41) is 4.37. The summed E-state index contributed by atoms with van der Waals surface area (Å²) in [6.45, 7) is 2.24. The number of aromatic nitrogens is 2. The number of rotatable bonds is 1. The third kappa shape index (κ3) is 1.56. The van der Waals surface area contributed by atoms with Crippen LogP contribution in [0.25, 0.3) is 11.3 Å². The minimum Gasteiger partial charge on any atom is -0.454 e. The van der Waals surface area contributed by atoms with E-state index in [-0.39, 0.29) is 6.79 Å². The second-order valence-corrected chi connectivity index (χ2v) is 4.97. The number of nitrogen functional groups attached to an aromatic ring is 1. The molecule has 0 radical (unpaired) electrons.